The second-order valence-electron chi connectivity index (χ2n) is 6.18. The standard InChI is InChI=1S/C16H20F3N3O5S/c1-4-6-27-13(5-2)9-7-10-12(8-11(9)16(17,18)19)20-15(24)22(14(10)23)21-28(3,25)26/h7-8,13,21H,4-6H2,1-3H3,(H,20,24). The molecule has 2 rings (SSSR count). The fraction of sp³-hybridized carbons (Fsp3) is 0.500. The van der Waals surface area contributed by atoms with E-state index >= 15 is 0 Å². The van der Waals surface area contributed by atoms with E-state index in [0.29, 0.717) is 12.5 Å². The molecule has 0 spiro atoms. The molecule has 28 heavy (non-hydrogen) atoms. The third-order valence-corrected chi connectivity index (χ3v) is 4.39. The first-order chi connectivity index (χ1) is 12.9. The van der Waals surface area contributed by atoms with Gasteiger partial charge in [-0.15, -0.1) is 0 Å². The second kappa shape index (κ2) is 7.95. The van der Waals surface area contributed by atoms with E-state index in [4.69, 9.17) is 4.74 Å². The smallest absolute Gasteiger partial charge is 0.374 e. The molecule has 2 aromatic rings. The fourth-order valence-electron chi connectivity index (χ4n) is 2.73. The SMILES string of the molecule is CCCOC(CC)c1cc2c(=O)n(NS(C)(=O)=O)c(=O)[nH]c2cc1C(F)(F)F. The molecular formula is C16H20F3N3O5S. The average Bonchev–Trinajstić information content (AvgIpc) is 2.57. The first-order valence-electron chi connectivity index (χ1n) is 8.38. The fourth-order valence-corrected chi connectivity index (χ4v) is 3.23. The van der Waals surface area contributed by atoms with Gasteiger partial charge in [-0.05, 0) is 30.5 Å². The van der Waals surface area contributed by atoms with Gasteiger partial charge in [0.05, 0.1) is 28.8 Å². The number of hydrogen-bond donors (Lipinski definition) is 2. The molecule has 2 N–H and O–H groups in total. The first-order valence-corrected chi connectivity index (χ1v) is 10.3. The summed E-state index contributed by atoms with van der Waals surface area (Å²) in [6.45, 7) is 3.67. The summed E-state index contributed by atoms with van der Waals surface area (Å²) in [6, 6.07) is 1.65. The maximum Gasteiger partial charge on any atom is 0.416 e. The largest absolute Gasteiger partial charge is 0.416 e. The third-order valence-electron chi connectivity index (χ3n) is 3.87. The van der Waals surface area contributed by atoms with Crippen molar-refractivity contribution in [3.05, 3.63) is 44.1 Å². The number of halogens is 3. The number of H-pyrrole nitrogens is 1. The Balaban J connectivity index is 2.83. The summed E-state index contributed by atoms with van der Waals surface area (Å²) in [5.41, 5.74) is -3.96. The van der Waals surface area contributed by atoms with Crippen LogP contribution in [0.3, 0.4) is 0 Å². The van der Waals surface area contributed by atoms with Crippen molar-refractivity contribution < 1.29 is 26.3 Å². The Morgan fingerprint density at radius 1 is 1.25 bits per heavy atom. The van der Waals surface area contributed by atoms with E-state index in [1.54, 1.807) is 18.7 Å². The number of ether oxygens (including phenoxy) is 1. The molecule has 0 amide bonds. The lowest BCUT2D eigenvalue weighted by molar-refractivity contribution is -0.139. The molecule has 1 atom stereocenters. The molecule has 0 aliphatic carbocycles. The number of fused-ring (bicyclic) bond motifs is 1. The van der Waals surface area contributed by atoms with Gasteiger partial charge in [-0.2, -0.15) is 17.8 Å². The van der Waals surface area contributed by atoms with Crippen molar-refractivity contribution in [1.29, 1.82) is 0 Å². The summed E-state index contributed by atoms with van der Waals surface area (Å²) in [4.78, 5) is 28.4. The van der Waals surface area contributed by atoms with E-state index in [9.17, 15) is 31.2 Å². The highest BCUT2D eigenvalue weighted by Crippen LogP contribution is 2.38. The van der Waals surface area contributed by atoms with Crippen LogP contribution in [0.15, 0.2) is 21.7 Å². The lowest BCUT2D eigenvalue weighted by Gasteiger charge is -2.22. The Morgan fingerprint density at radius 2 is 1.89 bits per heavy atom. The molecule has 0 aliphatic heterocycles. The number of nitrogens with one attached hydrogen (secondary N) is 2. The summed E-state index contributed by atoms with van der Waals surface area (Å²) < 4.78 is 69.2. The summed E-state index contributed by atoms with van der Waals surface area (Å²) in [6.07, 6.45) is -4.14. The Kier molecular flexibility index (Phi) is 6.24. The first kappa shape index (κ1) is 22.0. The van der Waals surface area contributed by atoms with Gasteiger partial charge < -0.3 is 9.72 Å². The van der Waals surface area contributed by atoms with E-state index in [0.717, 1.165) is 12.3 Å². The van der Waals surface area contributed by atoms with Gasteiger partial charge >= 0.3 is 11.9 Å². The van der Waals surface area contributed by atoms with Crippen molar-refractivity contribution >= 4 is 20.9 Å². The van der Waals surface area contributed by atoms with Crippen LogP contribution in [0.2, 0.25) is 0 Å². The van der Waals surface area contributed by atoms with Crippen LogP contribution >= 0.6 is 0 Å². The van der Waals surface area contributed by atoms with Gasteiger partial charge in [0.25, 0.3) is 5.56 Å². The Labute approximate surface area is 158 Å². The lowest BCUT2D eigenvalue weighted by Crippen LogP contribution is -2.43. The molecule has 0 saturated carbocycles. The zero-order chi connectivity index (χ0) is 21.3. The number of rotatable bonds is 7. The minimum atomic E-state index is -4.75. The zero-order valence-corrected chi connectivity index (χ0v) is 16.2. The van der Waals surface area contributed by atoms with Crippen molar-refractivity contribution in [1.82, 2.24) is 9.66 Å². The van der Waals surface area contributed by atoms with Gasteiger partial charge in [0.1, 0.15) is 0 Å². The van der Waals surface area contributed by atoms with Crippen LogP contribution < -0.4 is 16.1 Å². The molecule has 156 valence electrons. The Morgan fingerprint density at radius 3 is 2.39 bits per heavy atom. The maximum atomic E-state index is 13.6. The van der Waals surface area contributed by atoms with Crippen molar-refractivity contribution in [3.63, 3.8) is 0 Å². The van der Waals surface area contributed by atoms with Crippen LogP contribution in [-0.2, 0) is 20.9 Å². The highest BCUT2D eigenvalue weighted by molar-refractivity contribution is 7.91. The highest BCUT2D eigenvalue weighted by Gasteiger charge is 2.36. The number of alkyl halides is 3. The lowest BCUT2D eigenvalue weighted by atomic mass is 9.97. The van der Waals surface area contributed by atoms with Crippen LogP contribution in [0.1, 0.15) is 43.9 Å². The van der Waals surface area contributed by atoms with Gasteiger partial charge in [-0.1, -0.05) is 13.8 Å². The highest BCUT2D eigenvalue weighted by atomic mass is 32.2. The number of sulfonamides is 1. The molecule has 0 radical (unpaired) electrons. The number of nitrogens with zero attached hydrogens (tertiary/aromatic N) is 1. The summed E-state index contributed by atoms with van der Waals surface area (Å²) in [5.74, 6) is 0. The summed E-state index contributed by atoms with van der Waals surface area (Å²) in [7, 11) is -3.98. The van der Waals surface area contributed by atoms with E-state index in [2.05, 4.69) is 4.98 Å². The molecule has 1 aromatic heterocycles. The van der Waals surface area contributed by atoms with Crippen LogP contribution in [0.5, 0.6) is 0 Å². The minimum Gasteiger partial charge on any atom is -0.374 e. The predicted octanol–water partition coefficient (Wildman–Crippen LogP) is 2.09. The monoisotopic (exact) mass is 423 g/mol. The topological polar surface area (TPSA) is 110 Å². The van der Waals surface area contributed by atoms with E-state index < -0.39 is 39.1 Å². The van der Waals surface area contributed by atoms with Gasteiger partial charge in [0.2, 0.25) is 10.0 Å². The number of benzene rings is 1. The Hall–Kier alpha value is -2.34. The molecule has 8 nitrogen and oxygen atoms in total. The molecule has 0 aliphatic rings. The van der Waals surface area contributed by atoms with Gasteiger partial charge in [-0.3, -0.25) is 4.79 Å². The molecule has 0 saturated heterocycles. The van der Waals surface area contributed by atoms with Gasteiger partial charge in [-0.25, -0.2) is 18.0 Å². The van der Waals surface area contributed by atoms with E-state index in [1.165, 1.54) is 0 Å². The predicted molar refractivity (Wildman–Crippen MR) is 97.3 cm³/mol. The maximum absolute atomic E-state index is 13.6. The number of aromatic nitrogens is 2. The minimum absolute atomic E-state index is 0.197. The van der Waals surface area contributed by atoms with Crippen LogP contribution in [0.4, 0.5) is 13.2 Å². The quantitative estimate of drug-likeness (QED) is 0.709. The summed E-state index contributed by atoms with van der Waals surface area (Å²) >= 11 is 0. The molecule has 0 fully saturated rings. The van der Waals surface area contributed by atoms with Crippen molar-refractivity contribution in [2.75, 3.05) is 17.7 Å². The molecular weight excluding hydrogens is 403 g/mol. The second-order valence-corrected chi connectivity index (χ2v) is 7.91. The molecule has 1 aromatic carbocycles. The average molecular weight is 423 g/mol. The van der Waals surface area contributed by atoms with Crippen LogP contribution in [0, 0.1) is 0 Å². The van der Waals surface area contributed by atoms with E-state index in [-0.39, 0.29) is 34.2 Å². The molecule has 1 unspecified atom stereocenters. The number of hydrogen-bond acceptors (Lipinski definition) is 5. The van der Waals surface area contributed by atoms with Crippen molar-refractivity contribution in [2.24, 2.45) is 0 Å². The molecule has 0 bridgehead atoms. The van der Waals surface area contributed by atoms with Gasteiger partial charge in [0.15, 0.2) is 0 Å². The van der Waals surface area contributed by atoms with Crippen molar-refractivity contribution in [2.45, 2.75) is 39.0 Å². The Bertz CT molecular complexity index is 1090. The number of aromatic amines is 1. The molecule has 12 heteroatoms. The van der Waals surface area contributed by atoms with Crippen LogP contribution in [0.25, 0.3) is 10.9 Å². The molecule has 1 heterocycles. The van der Waals surface area contributed by atoms with Crippen molar-refractivity contribution in [3.8, 4) is 0 Å². The van der Waals surface area contributed by atoms with Crippen LogP contribution in [-0.4, -0.2) is 30.9 Å². The third kappa shape index (κ3) is 4.73. The van der Waals surface area contributed by atoms with E-state index in [1.807, 2.05) is 0 Å². The zero-order valence-electron chi connectivity index (χ0n) is 15.4. The normalized spacial score (nSPS) is 13.6. The summed E-state index contributed by atoms with van der Waals surface area (Å²) in [5, 5.41) is -0.280. The van der Waals surface area contributed by atoms with Gasteiger partial charge in [0, 0.05) is 6.61 Å².